The largest absolute Gasteiger partial charge is 0.340 e. The number of aromatic amines is 1. The van der Waals surface area contributed by atoms with Gasteiger partial charge in [-0.2, -0.15) is 5.10 Å². The van der Waals surface area contributed by atoms with E-state index in [9.17, 15) is 0 Å². The maximum Gasteiger partial charge on any atom is 0.182 e. The second kappa shape index (κ2) is 5.25. The van der Waals surface area contributed by atoms with E-state index in [-0.39, 0.29) is 0 Å². The Hall–Kier alpha value is -3.28. The second-order valence-electron chi connectivity index (χ2n) is 4.80. The molecule has 106 valence electrons. The van der Waals surface area contributed by atoms with Gasteiger partial charge in [0.1, 0.15) is 11.8 Å². The van der Waals surface area contributed by atoms with Crippen LogP contribution < -0.4 is 5.43 Å². The van der Waals surface area contributed by atoms with Gasteiger partial charge < -0.3 is 4.98 Å². The van der Waals surface area contributed by atoms with Crippen LogP contribution in [0.1, 0.15) is 5.56 Å². The number of imidazole rings is 1. The highest BCUT2D eigenvalue weighted by Gasteiger charge is 2.03. The second-order valence-corrected chi connectivity index (χ2v) is 4.80. The number of hydrogen-bond donors (Lipinski definition) is 2. The normalized spacial score (nSPS) is 11.5. The van der Waals surface area contributed by atoms with E-state index in [1.807, 2.05) is 18.2 Å². The Kier molecular flexibility index (Phi) is 2.97. The molecule has 0 aliphatic carbocycles. The summed E-state index contributed by atoms with van der Waals surface area (Å²) in [5, 5.41) is 6.63. The molecule has 2 aromatic carbocycles. The van der Waals surface area contributed by atoms with Crippen molar-refractivity contribution in [1.82, 2.24) is 19.9 Å². The molecule has 22 heavy (non-hydrogen) atoms. The average Bonchev–Trinajstić information content (AvgIpc) is 3.04. The highest BCUT2D eigenvalue weighted by molar-refractivity contribution is 5.91. The Morgan fingerprint density at radius 2 is 1.91 bits per heavy atom. The van der Waals surface area contributed by atoms with Crippen molar-refractivity contribution in [2.24, 2.45) is 5.10 Å². The fraction of sp³-hybridized carbons (Fsp3) is 0. The molecule has 4 aromatic rings. The number of aromatic nitrogens is 4. The first-order valence-corrected chi connectivity index (χ1v) is 6.82. The fourth-order valence-corrected chi connectivity index (χ4v) is 2.31. The van der Waals surface area contributed by atoms with Gasteiger partial charge in [-0.25, -0.2) is 15.0 Å². The number of anilines is 1. The van der Waals surface area contributed by atoms with E-state index in [0.717, 1.165) is 11.1 Å². The van der Waals surface area contributed by atoms with Crippen molar-refractivity contribution in [2.75, 3.05) is 5.43 Å². The molecule has 4 rings (SSSR count). The lowest BCUT2D eigenvalue weighted by atomic mass is 10.1. The summed E-state index contributed by atoms with van der Waals surface area (Å²) >= 11 is 0. The summed E-state index contributed by atoms with van der Waals surface area (Å²) in [5.74, 6) is 0.597. The maximum atomic E-state index is 4.24. The summed E-state index contributed by atoms with van der Waals surface area (Å²) in [7, 11) is 0. The molecule has 2 N–H and O–H groups in total. The number of nitrogens with zero attached hydrogens (tertiary/aromatic N) is 4. The Balaban J connectivity index is 1.59. The van der Waals surface area contributed by atoms with Crippen molar-refractivity contribution < 1.29 is 0 Å². The molecule has 0 fully saturated rings. The number of fused-ring (bicyclic) bond motifs is 2. The molecular weight excluding hydrogens is 276 g/mol. The minimum Gasteiger partial charge on any atom is -0.340 e. The van der Waals surface area contributed by atoms with Gasteiger partial charge in [0.2, 0.25) is 0 Å². The zero-order valence-electron chi connectivity index (χ0n) is 11.6. The maximum absolute atomic E-state index is 4.24. The van der Waals surface area contributed by atoms with E-state index in [2.05, 4.69) is 54.7 Å². The third-order valence-electron chi connectivity index (χ3n) is 3.38. The van der Waals surface area contributed by atoms with E-state index in [4.69, 9.17) is 0 Å². The van der Waals surface area contributed by atoms with Gasteiger partial charge >= 0.3 is 0 Å². The van der Waals surface area contributed by atoms with Crippen LogP contribution in [0.4, 0.5) is 5.82 Å². The van der Waals surface area contributed by atoms with Gasteiger partial charge in [-0.15, -0.1) is 0 Å². The number of hydrogen-bond acceptors (Lipinski definition) is 5. The van der Waals surface area contributed by atoms with Crippen LogP contribution in [0.3, 0.4) is 0 Å². The first-order valence-electron chi connectivity index (χ1n) is 6.82. The average molecular weight is 288 g/mol. The number of rotatable bonds is 3. The fourth-order valence-electron chi connectivity index (χ4n) is 2.31. The highest BCUT2D eigenvalue weighted by Crippen LogP contribution is 2.16. The molecule has 0 radical (unpaired) electrons. The Bertz CT molecular complexity index is 972. The van der Waals surface area contributed by atoms with E-state index >= 15 is 0 Å². The molecule has 0 unspecified atom stereocenters. The molecule has 0 bridgehead atoms. The number of benzene rings is 2. The number of nitrogens with one attached hydrogen (secondary N) is 2. The SMILES string of the molecule is C(=N\Nc1ncnc2nc[nH]c12)/c1ccc2ccccc2c1. The summed E-state index contributed by atoms with van der Waals surface area (Å²) in [6.45, 7) is 0. The predicted molar refractivity (Wildman–Crippen MR) is 86.8 cm³/mol. The third-order valence-corrected chi connectivity index (χ3v) is 3.38. The monoisotopic (exact) mass is 288 g/mol. The lowest BCUT2D eigenvalue weighted by Gasteiger charge is -2.01. The molecule has 0 spiro atoms. The minimum atomic E-state index is 0.597. The predicted octanol–water partition coefficient (Wildman–Crippen LogP) is 2.95. The Labute approximate surface area is 126 Å². The van der Waals surface area contributed by atoms with Crippen molar-refractivity contribution in [1.29, 1.82) is 0 Å². The van der Waals surface area contributed by atoms with Crippen LogP contribution in [0.5, 0.6) is 0 Å². The van der Waals surface area contributed by atoms with Gasteiger partial charge in [0, 0.05) is 0 Å². The molecule has 0 saturated carbocycles. The molecule has 0 aliphatic rings. The first kappa shape index (κ1) is 12.5. The van der Waals surface area contributed by atoms with Gasteiger partial charge in [0.15, 0.2) is 11.5 Å². The molecule has 2 aromatic heterocycles. The molecule has 0 aliphatic heterocycles. The van der Waals surface area contributed by atoms with Crippen LogP contribution in [0.25, 0.3) is 21.9 Å². The molecule has 0 atom stereocenters. The van der Waals surface area contributed by atoms with Crippen molar-refractivity contribution in [3.8, 4) is 0 Å². The van der Waals surface area contributed by atoms with Crippen LogP contribution in [0.15, 0.2) is 60.2 Å². The van der Waals surface area contributed by atoms with Crippen LogP contribution in [-0.4, -0.2) is 26.2 Å². The topological polar surface area (TPSA) is 78.8 Å². The molecular formula is C16H12N6. The van der Waals surface area contributed by atoms with E-state index < -0.39 is 0 Å². The van der Waals surface area contributed by atoms with Gasteiger partial charge in [-0.3, -0.25) is 5.43 Å². The summed E-state index contributed by atoms with van der Waals surface area (Å²) in [5.41, 5.74) is 5.28. The quantitative estimate of drug-likeness (QED) is 0.449. The van der Waals surface area contributed by atoms with Crippen LogP contribution in [-0.2, 0) is 0 Å². The van der Waals surface area contributed by atoms with E-state index in [1.165, 1.54) is 17.1 Å². The molecule has 6 heteroatoms. The zero-order valence-corrected chi connectivity index (χ0v) is 11.6. The van der Waals surface area contributed by atoms with Gasteiger partial charge in [0.05, 0.1) is 12.5 Å². The van der Waals surface area contributed by atoms with E-state index in [1.54, 1.807) is 12.5 Å². The summed E-state index contributed by atoms with van der Waals surface area (Å²) in [4.78, 5) is 15.3. The smallest absolute Gasteiger partial charge is 0.182 e. The standard InChI is InChI=1S/C16H12N6/c1-2-4-13-7-11(5-6-12(13)3-1)8-21-22-16-14-15(18-9-17-14)19-10-20-16/h1-10H,(H2,17,18,19,20,22)/b21-8+. The lowest BCUT2D eigenvalue weighted by molar-refractivity contribution is 1.17. The summed E-state index contributed by atoms with van der Waals surface area (Å²) in [6.07, 6.45) is 4.80. The Morgan fingerprint density at radius 3 is 2.86 bits per heavy atom. The Morgan fingerprint density at radius 1 is 1.00 bits per heavy atom. The van der Waals surface area contributed by atoms with Crippen molar-refractivity contribution in [3.05, 3.63) is 60.7 Å². The molecule has 0 saturated heterocycles. The van der Waals surface area contributed by atoms with Crippen LogP contribution in [0, 0.1) is 0 Å². The minimum absolute atomic E-state index is 0.597. The van der Waals surface area contributed by atoms with Gasteiger partial charge in [-0.1, -0.05) is 36.4 Å². The van der Waals surface area contributed by atoms with E-state index in [0.29, 0.717) is 11.5 Å². The first-order chi connectivity index (χ1) is 10.9. The van der Waals surface area contributed by atoms with Crippen LogP contribution >= 0.6 is 0 Å². The summed E-state index contributed by atoms with van der Waals surface area (Å²) < 4.78 is 0. The number of hydrazone groups is 1. The van der Waals surface area contributed by atoms with Crippen molar-refractivity contribution in [3.63, 3.8) is 0 Å². The molecule has 2 heterocycles. The van der Waals surface area contributed by atoms with Crippen molar-refractivity contribution in [2.45, 2.75) is 0 Å². The molecule has 0 amide bonds. The third kappa shape index (κ3) is 2.26. The lowest BCUT2D eigenvalue weighted by Crippen LogP contribution is -1.95. The van der Waals surface area contributed by atoms with Gasteiger partial charge in [-0.05, 0) is 22.4 Å². The summed E-state index contributed by atoms with van der Waals surface area (Å²) in [6, 6.07) is 14.4. The van der Waals surface area contributed by atoms with Gasteiger partial charge in [0.25, 0.3) is 0 Å². The van der Waals surface area contributed by atoms with Crippen molar-refractivity contribution >= 4 is 34.0 Å². The number of H-pyrrole nitrogens is 1. The molecule has 6 nitrogen and oxygen atoms in total. The van der Waals surface area contributed by atoms with Crippen LogP contribution in [0.2, 0.25) is 0 Å². The highest BCUT2D eigenvalue weighted by atomic mass is 15.3. The zero-order chi connectivity index (χ0) is 14.8.